The fourth-order valence-corrected chi connectivity index (χ4v) is 2.08. The normalized spacial score (nSPS) is 9.79. The van der Waals surface area contributed by atoms with E-state index in [4.69, 9.17) is 31.4 Å². The summed E-state index contributed by atoms with van der Waals surface area (Å²) in [5.74, 6) is -4.61. The van der Waals surface area contributed by atoms with Gasteiger partial charge in [-0.25, -0.2) is 0 Å². The Kier molecular flexibility index (Phi) is 9.64. The lowest BCUT2D eigenvalue weighted by atomic mass is 10.0. The van der Waals surface area contributed by atoms with Gasteiger partial charge in [0.2, 0.25) is 54.9 Å². The molecule has 142 valence electrons. The average Bonchev–Trinajstić information content (AvgIpc) is 2.62. The number of aromatic hydroxyl groups is 1. The largest absolute Gasteiger partial charge is 0.507 e. The minimum Gasteiger partial charge on any atom is -0.507 e. The first-order chi connectivity index (χ1) is 13.6. The van der Waals surface area contributed by atoms with Crippen LogP contribution < -0.4 is 0 Å². The van der Waals surface area contributed by atoms with Gasteiger partial charge in [-0.1, -0.05) is 0 Å². The van der Waals surface area contributed by atoms with Gasteiger partial charge in [0.1, 0.15) is 32.2 Å². The van der Waals surface area contributed by atoms with E-state index in [1.807, 2.05) is 0 Å². The Morgan fingerprint density at radius 1 is 0.759 bits per heavy atom. The molecule has 0 saturated carbocycles. The highest BCUT2D eigenvalue weighted by Crippen LogP contribution is 2.27. The highest BCUT2D eigenvalue weighted by Gasteiger charge is 2.13. The van der Waals surface area contributed by atoms with Crippen LogP contribution in [0.1, 0.15) is 16.7 Å². The van der Waals surface area contributed by atoms with Crippen molar-refractivity contribution < 1.29 is 43.2 Å². The summed E-state index contributed by atoms with van der Waals surface area (Å²) in [6, 6.07) is 2.81. The Morgan fingerprint density at radius 2 is 1.14 bits per heavy atom. The zero-order valence-electron chi connectivity index (χ0n) is 15.1. The second-order valence-electron chi connectivity index (χ2n) is 5.42. The van der Waals surface area contributed by atoms with Crippen molar-refractivity contribution in [1.29, 1.82) is 0 Å². The van der Waals surface area contributed by atoms with Crippen LogP contribution in [0, 0.1) is 0 Å². The third kappa shape index (κ3) is 9.59. The van der Waals surface area contributed by atoms with Crippen LogP contribution in [0.2, 0.25) is 0 Å². The molecule has 0 fully saturated rings. The number of rotatable bonds is 9. The molecule has 0 aliphatic carbocycles. The Labute approximate surface area is 171 Å². The first-order valence-corrected chi connectivity index (χ1v) is 7.81. The van der Waals surface area contributed by atoms with Gasteiger partial charge in [-0.15, -0.1) is 0 Å². The molecule has 0 aliphatic heterocycles. The number of phenols is 1. The first-order valence-electron chi connectivity index (χ1n) is 7.81. The van der Waals surface area contributed by atoms with E-state index >= 15 is 0 Å². The molecule has 0 unspecified atom stereocenters. The van der Waals surface area contributed by atoms with Crippen molar-refractivity contribution in [2.75, 3.05) is 13.2 Å². The van der Waals surface area contributed by atoms with Crippen LogP contribution in [0.3, 0.4) is 0 Å². The molecule has 0 spiro atoms. The third-order valence-electron chi connectivity index (χ3n) is 3.20. The van der Waals surface area contributed by atoms with Crippen molar-refractivity contribution in [3.8, 4) is 5.75 Å². The van der Waals surface area contributed by atoms with E-state index in [-0.39, 0.29) is 35.7 Å². The SMILES string of the molecule is [B]C(=O)OCC(=Cc1cc(COC([B])=O)c(O)c(COC([B])=O)c1)COC([B])=O. The quantitative estimate of drug-likeness (QED) is 0.484. The van der Waals surface area contributed by atoms with Gasteiger partial charge < -0.3 is 24.1 Å². The molecule has 0 bridgehead atoms. The van der Waals surface area contributed by atoms with E-state index in [0.717, 1.165) is 0 Å². The maximum Gasteiger partial charge on any atom is 0.236 e. The molecule has 0 amide bonds. The van der Waals surface area contributed by atoms with Gasteiger partial charge in [0.15, 0.2) is 0 Å². The van der Waals surface area contributed by atoms with Crippen molar-refractivity contribution in [1.82, 2.24) is 0 Å². The molecule has 1 aromatic rings. The Morgan fingerprint density at radius 3 is 1.48 bits per heavy atom. The summed E-state index contributed by atoms with van der Waals surface area (Å²) in [6.07, 6.45) is 1.42. The van der Waals surface area contributed by atoms with Crippen molar-refractivity contribution >= 4 is 60.9 Å². The van der Waals surface area contributed by atoms with Crippen LogP contribution in [0.4, 0.5) is 19.2 Å². The van der Waals surface area contributed by atoms with Gasteiger partial charge >= 0.3 is 0 Å². The first kappa shape index (κ1) is 23.9. The van der Waals surface area contributed by atoms with Gasteiger partial charge in [0.25, 0.3) is 0 Å². The molecule has 1 N–H and O–H groups in total. The van der Waals surface area contributed by atoms with Gasteiger partial charge in [0, 0.05) is 16.7 Å². The smallest absolute Gasteiger partial charge is 0.236 e. The monoisotopic (exact) mass is 392 g/mol. The van der Waals surface area contributed by atoms with E-state index in [1.165, 1.54) is 18.2 Å². The summed E-state index contributed by atoms with van der Waals surface area (Å²) in [6.45, 7) is -1.44. The Hall–Kier alpha value is -3.10. The van der Waals surface area contributed by atoms with Crippen molar-refractivity contribution in [3.63, 3.8) is 0 Å². The van der Waals surface area contributed by atoms with Crippen molar-refractivity contribution in [2.45, 2.75) is 13.2 Å². The Bertz CT molecular complexity index is 764. The summed E-state index contributed by atoms with van der Waals surface area (Å²) in [5.41, 5.74) is 0.861. The van der Waals surface area contributed by atoms with E-state index in [1.54, 1.807) is 0 Å². The molecule has 0 atom stereocenters. The van der Waals surface area contributed by atoms with Gasteiger partial charge in [-0.3, -0.25) is 19.2 Å². The maximum atomic E-state index is 10.8. The minimum absolute atomic E-state index is 0.117. The standard InChI is InChI=1S/C16H12B4O9/c17-13(22)26-4-9(5-27-14(18)23)1-8-2-10(6-28-15(19)24)12(21)11(3-8)7-29-16(20)25/h1-3,21H,4-7H2. The lowest BCUT2D eigenvalue weighted by Crippen LogP contribution is -2.12. The number of carbonyl (C=O) groups is 4. The van der Waals surface area contributed by atoms with Crippen molar-refractivity contribution in [2.24, 2.45) is 0 Å². The number of hydrogen-bond acceptors (Lipinski definition) is 9. The number of carbonyl (C=O) groups excluding carboxylic acids is 4. The van der Waals surface area contributed by atoms with E-state index in [0.29, 0.717) is 5.56 Å². The van der Waals surface area contributed by atoms with Gasteiger partial charge in [-0.05, 0) is 23.8 Å². The fourth-order valence-electron chi connectivity index (χ4n) is 2.08. The molecule has 0 aromatic heterocycles. The average molecular weight is 392 g/mol. The van der Waals surface area contributed by atoms with E-state index in [9.17, 15) is 24.3 Å². The van der Waals surface area contributed by atoms with Gasteiger partial charge in [0.05, 0.1) is 0 Å². The molecule has 0 heterocycles. The number of benzene rings is 1. The minimum atomic E-state index is -1.08. The lowest BCUT2D eigenvalue weighted by Gasteiger charge is -2.14. The lowest BCUT2D eigenvalue weighted by molar-refractivity contribution is 0.162. The third-order valence-corrected chi connectivity index (χ3v) is 3.20. The second kappa shape index (κ2) is 11.7. The predicted octanol–water partition coefficient (Wildman–Crippen LogP) is 0.996. The van der Waals surface area contributed by atoms with Crippen LogP contribution in [0.5, 0.6) is 5.75 Å². The van der Waals surface area contributed by atoms with E-state index < -0.39 is 36.7 Å². The molecular formula is C16H12B4O9. The summed E-state index contributed by atoms with van der Waals surface area (Å²) < 4.78 is 18.7. The molecule has 29 heavy (non-hydrogen) atoms. The van der Waals surface area contributed by atoms with Crippen LogP contribution in [-0.2, 0) is 32.2 Å². The summed E-state index contributed by atoms with van der Waals surface area (Å²) >= 11 is 0. The molecule has 0 saturated heterocycles. The summed E-state index contributed by atoms with van der Waals surface area (Å²) in [4.78, 5) is 43.4. The molecule has 1 aromatic carbocycles. The van der Waals surface area contributed by atoms with Crippen LogP contribution in [0.15, 0.2) is 17.7 Å². The zero-order chi connectivity index (χ0) is 22.0. The highest BCUT2D eigenvalue weighted by molar-refractivity contribution is 6.55. The fraction of sp³-hybridized carbons (Fsp3) is 0.250. The highest BCUT2D eigenvalue weighted by atomic mass is 16.5. The number of phenolic OH excluding ortho intramolecular Hbond substituents is 1. The van der Waals surface area contributed by atoms with Crippen molar-refractivity contribution in [3.05, 3.63) is 34.4 Å². The summed E-state index contributed by atoms with van der Waals surface area (Å²) in [5, 5.41) is 10.3. The predicted molar refractivity (Wildman–Crippen MR) is 102 cm³/mol. The maximum absolute atomic E-state index is 10.8. The second-order valence-corrected chi connectivity index (χ2v) is 5.42. The molecule has 1 rings (SSSR count). The molecule has 0 aliphatic rings. The van der Waals surface area contributed by atoms with Crippen LogP contribution in [-0.4, -0.2) is 73.2 Å². The molecule has 8 radical (unpaired) electrons. The van der Waals surface area contributed by atoms with E-state index in [2.05, 4.69) is 18.9 Å². The van der Waals surface area contributed by atoms with Crippen LogP contribution >= 0.6 is 0 Å². The topological polar surface area (TPSA) is 125 Å². The van der Waals surface area contributed by atoms with Crippen LogP contribution in [0.25, 0.3) is 6.08 Å². The molecule has 9 nitrogen and oxygen atoms in total. The molecule has 13 heteroatoms. The zero-order valence-corrected chi connectivity index (χ0v) is 15.1. The van der Waals surface area contributed by atoms with Gasteiger partial charge in [-0.2, -0.15) is 0 Å². The summed E-state index contributed by atoms with van der Waals surface area (Å²) in [7, 11) is 19.7. The number of hydrogen-bond donors (Lipinski definition) is 1. The number of ether oxygens (including phenoxy) is 4. The Balaban J connectivity index is 3.28. The molecular weight excluding hydrogens is 379 g/mol.